The fourth-order valence-corrected chi connectivity index (χ4v) is 4.68. The maximum Gasteiger partial charge on any atom is 0.245 e. The Bertz CT molecular complexity index is 843. The van der Waals surface area contributed by atoms with Crippen LogP contribution in [-0.4, -0.2) is 23.7 Å². The van der Waals surface area contributed by atoms with E-state index in [0.29, 0.717) is 17.6 Å². The zero-order chi connectivity index (χ0) is 16.9. The number of hydrogen-bond acceptors (Lipinski definition) is 4. The molecule has 4 rings (SSSR count). The zero-order valence-corrected chi connectivity index (χ0v) is 14.9. The van der Waals surface area contributed by atoms with Gasteiger partial charge in [-0.25, -0.2) is 13.4 Å². The molecule has 2 heterocycles. The van der Waals surface area contributed by atoms with Gasteiger partial charge < -0.3 is 4.42 Å². The van der Waals surface area contributed by atoms with Crippen molar-refractivity contribution in [3.8, 4) is 0 Å². The zero-order valence-electron chi connectivity index (χ0n) is 13.4. The number of nitrogens with zero attached hydrogens (tertiary/aromatic N) is 2. The normalized spacial score (nSPS) is 23.6. The van der Waals surface area contributed by atoms with Gasteiger partial charge in [0.1, 0.15) is 21.6 Å². The van der Waals surface area contributed by atoms with Crippen LogP contribution in [0.2, 0.25) is 5.15 Å². The molecule has 0 aromatic carbocycles. The molecule has 0 spiro atoms. The smallest absolute Gasteiger partial charge is 0.245 e. The van der Waals surface area contributed by atoms with Crippen molar-refractivity contribution in [3.63, 3.8) is 0 Å². The molecule has 2 aliphatic rings. The topological polar surface area (TPSA) is 63.4 Å². The van der Waals surface area contributed by atoms with E-state index >= 15 is 0 Å². The van der Waals surface area contributed by atoms with Crippen molar-refractivity contribution in [1.29, 1.82) is 0 Å². The Morgan fingerprint density at radius 2 is 2.04 bits per heavy atom. The van der Waals surface area contributed by atoms with Crippen LogP contribution in [0.4, 0.5) is 0 Å². The molecular formula is C17H19ClN2O3S. The molecule has 2 atom stereocenters. The van der Waals surface area contributed by atoms with Gasteiger partial charge >= 0.3 is 0 Å². The maximum atomic E-state index is 12.9. The predicted octanol–water partition coefficient (Wildman–Crippen LogP) is 3.80. The van der Waals surface area contributed by atoms with E-state index in [9.17, 15) is 8.42 Å². The quantitative estimate of drug-likeness (QED) is 0.729. The second kappa shape index (κ2) is 5.86. The maximum absolute atomic E-state index is 12.9. The molecule has 0 radical (unpaired) electrons. The van der Waals surface area contributed by atoms with Crippen LogP contribution >= 0.6 is 11.6 Å². The summed E-state index contributed by atoms with van der Waals surface area (Å²) in [6.07, 6.45) is 4.22. The van der Waals surface area contributed by atoms with Crippen LogP contribution in [0.25, 0.3) is 0 Å². The first-order valence-corrected chi connectivity index (χ1v) is 9.99. The van der Waals surface area contributed by atoms with Crippen molar-refractivity contribution >= 4 is 21.6 Å². The molecule has 7 heteroatoms. The lowest BCUT2D eigenvalue weighted by atomic mass is 10.3. The van der Waals surface area contributed by atoms with E-state index in [4.69, 9.17) is 16.0 Å². The number of pyridine rings is 1. The summed E-state index contributed by atoms with van der Waals surface area (Å²) in [6, 6.07) is 6.91. The molecule has 0 N–H and O–H groups in total. The molecule has 24 heavy (non-hydrogen) atoms. The summed E-state index contributed by atoms with van der Waals surface area (Å²) in [5, 5.41) is 0.279. The molecule has 0 saturated heterocycles. The monoisotopic (exact) mass is 366 g/mol. The van der Waals surface area contributed by atoms with Gasteiger partial charge in [-0.05, 0) is 49.4 Å². The van der Waals surface area contributed by atoms with Crippen LogP contribution in [0.3, 0.4) is 0 Å². The Hall–Kier alpha value is -1.37. The lowest BCUT2D eigenvalue weighted by Gasteiger charge is -2.20. The van der Waals surface area contributed by atoms with E-state index in [1.807, 2.05) is 12.1 Å². The second-order valence-corrected chi connectivity index (χ2v) is 9.00. The van der Waals surface area contributed by atoms with E-state index in [-0.39, 0.29) is 22.6 Å². The number of halogens is 1. The highest BCUT2D eigenvalue weighted by molar-refractivity contribution is 7.89. The lowest BCUT2D eigenvalue weighted by Crippen LogP contribution is -2.32. The fourth-order valence-electron chi connectivity index (χ4n) is 2.97. The molecule has 0 amide bonds. The predicted molar refractivity (Wildman–Crippen MR) is 90.2 cm³/mol. The minimum absolute atomic E-state index is 0.0408. The summed E-state index contributed by atoms with van der Waals surface area (Å²) in [5.41, 5.74) is 0. The van der Waals surface area contributed by atoms with Crippen molar-refractivity contribution in [3.05, 3.63) is 47.1 Å². The second-order valence-electron chi connectivity index (χ2n) is 6.72. The Labute approximate surface area is 146 Å². The van der Waals surface area contributed by atoms with E-state index < -0.39 is 10.0 Å². The molecule has 5 nitrogen and oxygen atoms in total. The molecule has 128 valence electrons. The largest absolute Gasteiger partial charge is 0.464 e. The van der Waals surface area contributed by atoms with Crippen molar-refractivity contribution in [2.24, 2.45) is 5.92 Å². The number of sulfonamides is 1. The minimum atomic E-state index is -3.61. The molecule has 2 aliphatic carbocycles. The summed E-state index contributed by atoms with van der Waals surface area (Å²) >= 11 is 5.76. The molecular weight excluding hydrogens is 348 g/mol. The highest BCUT2D eigenvalue weighted by Gasteiger charge is 2.40. The summed E-state index contributed by atoms with van der Waals surface area (Å²) in [5.74, 6) is 2.82. The van der Waals surface area contributed by atoms with Gasteiger partial charge in [-0.15, -0.1) is 0 Å². The van der Waals surface area contributed by atoms with Gasteiger partial charge in [-0.2, -0.15) is 4.31 Å². The number of hydrogen-bond donors (Lipinski definition) is 0. The van der Waals surface area contributed by atoms with E-state index in [2.05, 4.69) is 11.9 Å². The number of aromatic nitrogens is 1. The SMILES string of the molecule is C[C@@H]1C[C@@H]1c1ccc(CN(C2CC2)S(=O)(=O)c2ccc(Cl)nc2)o1. The van der Waals surface area contributed by atoms with Gasteiger partial charge in [-0.1, -0.05) is 18.5 Å². The molecule has 0 unspecified atom stereocenters. The summed E-state index contributed by atoms with van der Waals surface area (Å²) < 4.78 is 33.3. The van der Waals surface area contributed by atoms with E-state index in [1.54, 1.807) is 0 Å². The van der Waals surface area contributed by atoms with Gasteiger partial charge in [0.2, 0.25) is 10.0 Å². The van der Waals surface area contributed by atoms with Crippen LogP contribution in [0.1, 0.15) is 43.6 Å². The van der Waals surface area contributed by atoms with Crippen molar-refractivity contribution < 1.29 is 12.8 Å². The van der Waals surface area contributed by atoms with Crippen LogP contribution in [-0.2, 0) is 16.6 Å². The van der Waals surface area contributed by atoms with Crippen molar-refractivity contribution in [1.82, 2.24) is 9.29 Å². The molecule has 0 bridgehead atoms. The van der Waals surface area contributed by atoms with E-state index in [1.165, 1.54) is 22.6 Å². The Balaban J connectivity index is 1.58. The molecule has 2 saturated carbocycles. The minimum Gasteiger partial charge on any atom is -0.464 e. The third kappa shape index (κ3) is 3.10. The van der Waals surface area contributed by atoms with Gasteiger partial charge in [-0.3, -0.25) is 0 Å². The molecule has 2 aromatic heterocycles. The van der Waals surface area contributed by atoms with E-state index in [0.717, 1.165) is 25.0 Å². The average molecular weight is 367 g/mol. The van der Waals surface area contributed by atoms with Crippen LogP contribution in [0.15, 0.2) is 39.8 Å². The summed E-state index contributed by atoms with van der Waals surface area (Å²) in [4.78, 5) is 4.06. The first-order chi connectivity index (χ1) is 11.4. The molecule has 2 fully saturated rings. The van der Waals surface area contributed by atoms with Crippen molar-refractivity contribution in [2.75, 3.05) is 0 Å². The van der Waals surface area contributed by atoms with Gasteiger partial charge in [0.15, 0.2) is 0 Å². The molecule has 2 aromatic rings. The number of rotatable bonds is 6. The highest BCUT2D eigenvalue weighted by Crippen LogP contribution is 2.47. The Kier molecular flexibility index (Phi) is 3.94. The Morgan fingerprint density at radius 1 is 1.29 bits per heavy atom. The van der Waals surface area contributed by atoms with Crippen LogP contribution < -0.4 is 0 Å². The van der Waals surface area contributed by atoms with Gasteiger partial charge in [0.25, 0.3) is 0 Å². The first-order valence-electron chi connectivity index (χ1n) is 8.17. The molecule has 0 aliphatic heterocycles. The van der Waals surface area contributed by atoms with Crippen molar-refractivity contribution in [2.45, 2.75) is 49.6 Å². The van der Waals surface area contributed by atoms with Gasteiger partial charge in [0, 0.05) is 18.2 Å². The fraction of sp³-hybridized carbons (Fsp3) is 0.471. The average Bonchev–Trinajstić information content (AvgIpc) is 3.46. The third-order valence-corrected chi connectivity index (χ3v) is 6.84. The number of furan rings is 1. The van der Waals surface area contributed by atoms with Crippen LogP contribution in [0.5, 0.6) is 0 Å². The highest BCUT2D eigenvalue weighted by atomic mass is 35.5. The third-order valence-electron chi connectivity index (χ3n) is 4.73. The Morgan fingerprint density at radius 3 is 2.62 bits per heavy atom. The standard InChI is InChI=1S/C17H19ClN2O3S/c1-11-8-15(11)16-6-4-13(23-16)10-20(12-2-3-12)24(21,22)14-5-7-17(18)19-9-14/h4-7,9,11-12,15H,2-3,8,10H2,1H3/t11-,15+/m1/s1. The first kappa shape index (κ1) is 16.1. The van der Waals surface area contributed by atoms with Gasteiger partial charge in [0.05, 0.1) is 6.54 Å². The van der Waals surface area contributed by atoms with Crippen LogP contribution in [0, 0.1) is 5.92 Å². The lowest BCUT2D eigenvalue weighted by molar-refractivity contribution is 0.347. The summed E-state index contributed by atoms with van der Waals surface area (Å²) in [6.45, 7) is 2.46. The summed E-state index contributed by atoms with van der Waals surface area (Å²) in [7, 11) is -3.61.